The largest absolute Gasteiger partial charge is 0.330 e. The van der Waals surface area contributed by atoms with Crippen molar-refractivity contribution in [2.75, 3.05) is 19.6 Å². The molecule has 14 heavy (non-hydrogen) atoms. The number of hydrogen-bond acceptors (Lipinski definition) is 2. The summed E-state index contributed by atoms with van der Waals surface area (Å²) < 4.78 is 0. The molecule has 3 N–H and O–H groups in total. The molecule has 0 fully saturated rings. The molecule has 1 aromatic carbocycles. The maximum absolute atomic E-state index is 5.36. The van der Waals surface area contributed by atoms with E-state index >= 15 is 0 Å². The summed E-state index contributed by atoms with van der Waals surface area (Å²) in [6.45, 7) is 2.41. The zero-order valence-corrected chi connectivity index (χ0v) is 8.29. The Balaban J connectivity index is 2.21. The number of nitrogens with one attached hydrogen (secondary N) is 1. The van der Waals surface area contributed by atoms with Gasteiger partial charge >= 0.3 is 0 Å². The van der Waals surface area contributed by atoms with Gasteiger partial charge < -0.3 is 11.1 Å². The van der Waals surface area contributed by atoms with Gasteiger partial charge in [-0.15, -0.1) is 0 Å². The highest BCUT2D eigenvalue weighted by Crippen LogP contribution is 1.93. The SMILES string of the molecule is NCCCNCC#Cc1ccccc1. The number of benzene rings is 1. The van der Waals surface area contributed by atoms with Gasteiger partial charge in [-0.1, -0.05) is 30.0 Å². The summed E-state index contributed by atoms with van der Waals surface area (Å²) in [7, 11) is 0. The molecule has 0 aliphatic rings. The van der Waals surface area contributed by atoms with Crippen LogP contribution in [-0.2, 0) is 0 Å². The van der Waals surface area contributed by atoms with E-state index in [9.17, 15) is 0 Å². The molecular formula is C12H16N2. The van der Waals surface area contributed by atoms with Crippen molar-refractivity contribution in [3.8, 4) is 11.8 Å². The molecule has 0 unspecified atom stereocenters. The maximum atomic E-state index is 5.36. The number of nitrogens with two attached hydrogens (primary N) is 1. The molecule has 0 spiro atoms. The third-order valence-electron chi connectivity index (χ3n) is 1.78. The zero-order chi connectivity index (χ0) is 10.1. The summed E-state index contributed by atoms with van der Waals surface area (Å²) in [5.74, 6) is 6.14. The van der Waals surface area contributed by atoms with Crippen LogP contribution in [0.4, 0.5) is 0 Å². The van der Waals surface area contributed by atoms with Crippen LogP contribution >= 0.6 is 0 Å². The minimum atomic E-state index is 0.731. The summed E-state index contributed by atoms with van der Waals surface area (Å²) in [6.07, 6.45) is 1.01. The van der Waals surface area contributed by atoms with E-state index in [2.05, 4.69) is 17.2 Å². The van der Waals surface area contributed by atoms with Gasteiger partial charge in [0.15, 0.2) is 0 Å². The van der Waals surface area contributed by atoms with Gasteiger partial charge in [-0.05, 0) is 31.6 Å². The van der Waals surface area contributed by atoms with Gasteiger partial charge in [0.2, 0.25) is 0 Å². The van der Waals surface area contributed by atoms with Crippen LogP contribution < -0.4 is 11.1 Å². The Hall–Kier alpha value is -1.30. The van der Waals surface area contributed by atoms with Crippen molar-refractivity contribution in [3.63, 3.8) is 0 Å². The van der Waals surface area contributed by atoms with E-state index in [1.807, 2.05) is 30.3 Å². The first-order chi connectivity index (χ1) is 6.93. The van der Waals surface area contributed by atoms with Crippen molar-refractivity contribution < 1.29 is 0 Å². The number of rotatable bonds is 4. The first-order valence-corrected chi connectivity index (χ1v) is 4.88. The van der Waals surface area contributed by atoms with Crippen molar-refractivity contribution in [1.29, 1.82) is 0 Å². The second-order valence-electron chi connectivity index (χ2n) is 2.99. The minimum absolute atomic E-state index is 0.731. The molecule has 1 rings (SSSR count). The van der Waals surface area contributed by atoms with Crippen LogP contribution in [0, 0.1) is 11.8 Å². The van der Waals surface area contributed by atoms with Crippen LogP contribution in [0.1, 0.15) is 12.0 Å². The van der Waals surface area contributed by atoms with Gasteiger partial charge in [0.25, 0.3) is 0 Å². The molecule has 0 heterocycles. The molecule has 0 aliphatic carbocycles. The highest BCUT2D eigenvalue weighted by molar-refractivity contribution is 5.33. The van der Waals surface area contributed by atoms with Crippen molar-refractivity contribution in [3.05, 3.63) is 35.9 Å². The minimum Gasteiger partial charge on any atom is -0.330 e. The van der Waals surface area contributed by atoms with Crippen LogP contribution in [0.5, 0.6) is 0 Å². The Morgan fingerprint density at radius 3 is 2.71 bits per heavy atom. The van der Waals surface area contributed by atoms with E-state index in [1.54, 1.807) is 0 Å². The normalized spacial score (nSPS) is 9.21. The second-order valence-corrected chi connectivity index (χ2v) is 2.99. The fourth-order valence-corrected chi connectivity index (χ4v) is 1.05. The van der Waals surface area contributed by atoms with Crippen LogP contribution in [0.15, 0.2) is 30.3 Å². The highest BCUT2D eigenvalue weighted by atomic mass is 14.8. The van der Waals surface area contributed by atoms with Gasteiger partial charge in [0.05, 0.1) is 6.54 Å². The standard InChI is InChI=1S/C12H16N2/c13-9-5-11-14-10-4-8-12-6-2-1-3-7-12/h1-3,6-7,14H,5,9-11,13H2. The van der Waals surface area contributed by atoms with E-state index < -0.39 is 0 Å². The maximum Gasteiger partial charge on any atom is 0.0580 e. The molecule has 2 heteroatoms. The molecule has 1 aromatic rings. The zero-order valence-electron chi connectivity index (χ0n) is 8.29. The average Bonchev–Trinajstić information content (AvgIpc) is 2.25. The molecule has 2 nitrogen and oxygen atoms in total. The van der Waals surface area contributed by atoms with Crippen LogP contribution in [-0.4, -0.2) is 19.6 Å². The van der Waals surface area contributed by atoms with E-state index in [0.29, 0.717) is 0 Å². The fraction of sp³-hybridized carbons (Fsp3) is 0.333. The lowest BCUT2D eigenvalue weighted by atomic mass is 10.2. The smallest absolute Gasteiger partial charge is 0.0580 e. The first kappa shape index (κ1) is 10.8. The summed E-state index contributed by atoms with van der Waals surface area (Å²) in [5.41, 5.74) is 6.42. The number of hydrogen-bond donors (Lipinski definition) is 2. The third kappa shape index (κ3) is 4.66. The second kappa shape index (κ2) is 7.14. The van der Waals surface area contributed by atoms with Gasteiger partial charge in [-0.2, -0.15) is 0 Å². The Labute approximate surface area is 85.5 Å². The van der Waals surface area contributed by atoms with E-state index in [1.165, 1.54) is 0 Å². The summed E-state index contributed by atoms with van der Waals surface area (Å²) in [6, 6.07) is 9.99. The highest BCUT2D eigenvalue weighted by Gasteiger charge is 1.82. The fourth-order valence-electron chi connectivity index (χ4n) is 1.05. The van der Waals surface area contributed by atoms with Crippen molar-refractivity contribution in [1.82, 2.24) is 5.32 Å². The molecule has 0 bridgehead atoms. The van der Waals surface area contributed by atoms with Crippen molar-refractivity contribution in [2.24, 2.45) is 5.73 Å². The summed E-state index contributed by atoms with van der Waals surface area (Å²) in [5, 5.41) is 3.20. The lowest BCUT2D eigenvalue weighted by Crippen LogP contribution is -2.18. The Morgan fingerprint density at radius 2 is 2.00 bits per heavy atom. The molecule has 0 amide bonds. The molecule has 0 radical (unpaired) electrons. The topological polar surface area (TPSA) is 38.0 Å². The molecule has 0 aliphatic heterocycles. The molecule has 0 atom stereocenters. The van der Waals surface area contributed by atoms with Crippen LogP contribution in [0.25, 0.3) is 0 Å². The molecule has 0 saturated heterocycles. The van der Waals surface area contributed by atoms with Crippen LogP contribution in [0.3, 0.4) is 0 Å². The first-order valence-electron chi connectivity index (χ1n) is 4.88. The monoisotopic (exact) mass is 188 g/mol. The molecule has 0 saturated carbocycles. The molecular weight excluding hydrogens is 172 g/mol. The van der Waals surface area contributed by atoms with Gasteiger partial charge in [-0.25, -0.2) is 0 Å². The predicted octanol–water partition coefficient (Wildman–Crippen LogP) is 0.976. The predicted molar refractivity (Wildman–Crippen MR) is 59.9 cm³/mol. The lowest BCUT2D eigenvalue weighted by molar-refractivity contribution is 0.706. The van der Waals surface area contributed by atoms with E-state index in [-0.39, 0.29) is 0 Å². The van der Waals surface area contributed by atoms with Gasteiger partial charge in [0, 0.05) is 5.56 Å². The van der Waals surface area contributed by atoms with Crippen molar-refractivity contribution >= 4 is 0 Å². The quantitative estimate of drug-likeness (QED) is 0.546. The van der Waals surface area contributed by atoms with Gasteiger partial charge in [0.1, 0.15) is 0 Å². The Bertz CT molecular complexity index is 295. The van der Waals surface area contributed by atoms with Crippen molar-refractivity contribution in [2.45, 2.75) is 6.42 Å². The summed E-state index contributed by atoms with van der Waals surface area (Å²) in [4.78, 5) is 0. The van der Waals surface area contributed by atoms with E-state index in [4.69, 9.17) is 5.73 Å². The van der Waals surface area contributed by atoms with Crippen LogP contribution in [0.2, 0.25) is 0 Å². The van der Waals surface area contributed by atoms with Gasteiger partial charge in [-0.3, -0.25) is 0 Å². The Kier molecular flexibility index (Phi) is 5.49. The Morgan fingerprint density at radius 1 is 1.21 bits per heavy atom. The molecule has 0 aromatic heterocycles. The average molecular weight is 188 g/mol. The third-order valence-corrected chi connectivity index (χ3v) is 1.78. The van der Waals surface area contributed by atoms with E-state index in [0.717, 1.165) is 31.6 Å². The molecule has 74 valence electrons. The lowest BCUT2D eigenvalue weighted by Gasteiger charge is -1.95. The summed E-state index contributed by atoms with van der Waals surface area (Å²) >= 11 is 0.